The normalized spacial score (nSPS) is 18.3. The van der Waals surface area contributed by atoms with Gasteiger partial charge in [0.15, 0.2) is 11.6 Å². The zero-order chi connectivity index (χ0) is 13.7. The number of aromatic nitrogens is 1. The van der Waals surface area contributed by atoms with Crippen LogP contribution in [0.25, 0.3) is 0 Å². The fourth-order valence-electron chi connectivity index (χ4n) is 2.64. The van der Waals surface area contributed by atoms with Gasteiger partial charge >= 0.3 is 0 Å². The van der Waals surface area contributed by atoms with Crippen molar-refractivity contribution < 1.29 is 9.84 Å². The van der Waals surface area contributed by atoms with E-state index in [0.29, 0.717) is 0 Å². The smallest absolute Gasteiger partial charge is 0.169 e. The standard InChI is InChI=1S/C15H24N2O2/c1-12(2)19-13-7-6-10-16-14(13)17-15(11-18)8-4-3-5-9-15/h6-7,10,12,18H,3-5,8-9,11H2,1-2H3,(H,16,17). The number of hydrogen-bond acceptors (Lipinski definition) is 4. The number of anilines is 1. The van der Waals surface area contributed by atoms with Gasteiger partial charge in [-0.1, -0.05) is 19.3 Å². The second-order valence-electron chi connectivity index (χ2n) is 5.64. The third-order valence-electron chi connectivity index (χ3n) is 3.63. The molecule has 0 radical (unpaired) electrons. The Hall–Kier alpha value is -1.29. The monoisotopic (exact) mass is 264 g/mol. The minimum absolute atomic E-state index is 0.112. The molecule has 4 heteroatoms. The molecule has 106 valence electrons. The van der Waals surface area contributed by atoms with Gasteiger partial charge in [0.05, 0.1) is 18.2 Å². The third kappa shape index (κ3) is 3.60. The first kappa shape index (κ1) is 14.1. The quantitative estimate of drug-likeness (QED) is 0.858. The summed E-state index contributed by atoms with van der Waals surface area (Å²) in [5, 5.41) is 13.2. The van der Waals surface area contributed by atoms with Gasteiger partial charge in [-0.25, -0.2) is 4.98 Å². The largest absolute Gasteiger partial charge is 0.487 e. The van der Waals surface area contributed by atoms with Crippen molar-refractivity contribution in [2.75, 3.05) is 11.9 Å². The highest BCUT2D eigenvalue weighted by atomic mass is 16.5. The third-order valence-corrected chi connectivity index (χ3v) is 3.63. The van der Waals surface area contributed by atoms with Crippen LogP contribution in [0.1, 0.15) is 46.0 Å². The average Bonchev–Trinajstić information content (AvgIpc) is 2.41. The molecule has 0 bridgehead atoms. The summed E-state index contributed by atoms with van der Waals surface area (Å²) in [6.07, 6.45) is 7.40. The summed E-state index contributed by atoms with van der Waals surface area (Å²) >= 11 is 0. The van der Waals surface area contributed by atoms with Crippen LogP contribution < -0.4 is 10.1 Å². The van der Waals surface area contributed by atoms with E-state index < -0.39 is 0 Å². The van der Waals surface area contributed by atoms with Gasteiger partial charge < -0.3 is 15.2 Å². The Bertz CT molecular complexity index is 401. The Morgan fingerprint density at radius 2 is 2.11 bits per heavy atom. The van der Waals surface area contributed by atoms with Crippen molar-refractivity contribution in [3.8, 4) is 5.75 Å². The van der Waals surface area contributed by atoms with E-state index in [4.69, 9.17) is 4.74 Å². The zero-order valence-electron chi connectivity index (χ0n) is 11.9. The number of ether oxygens (including phenoxy) is 1. The summed E-state index contributed by atoms with van der Waals surface area (Å²) in [6, 6.07) is 3.79. The van der Waals surface area contributed by atoms with E-state index >= 15 is 0 Å². The van der Waals surface area contributed by atoms with Crippen molar-refractivity contribution in [1.29, 1.82) is 0 Å². The lowest BCUT2D eigenvalue weighted by atomic mass is 9.82. The van der Waals surface area contributed by atoms with E-state index in [1.54, 1.807) is 6.20 Å². The average molecular weight is 264 g/mol. The second-order valence-corrected chi connectivity index (χ2v) is 5.64. The van der Waals surface area contributed by atoms with Crippen LogP contribution in [0.4, 0.5) is 5.82 Å². The highest BCUT2D eigenvalue weighted by Crippen LogP contribution is 2.33. The van der Waals surface area contributed by atoms with Crippen LogP contribution in [-0.2, 0) is 0 Å². The van der Waals surface area contributed by atoms with Crippen molar-refractivity contribution in [2.45, 2.75) is 57.6 Å². The zero-order valence-corrected chi connectivity index (χ0v) is 11.9. The molecule has 0 aromatic carbocycles. The van der Waals surface area contributed by atoms with Crippen LogP contribution in [-0.4, -0.2) is 28.3 Å². The first-order valence-electron chi connectivity index (χ1n) is 7.16. The molecule has 1 fully saturated rings. The molecule has 1 aromatic rings. The van der Waals surface area contributed by atoms with Crippen molar-refractivity contribution in [2.24, 2.45) is 0 Å². The summed E-state index contributed by atoms with van der Waals surface area (Å²) in [7, 11) is 0. The number of hydrogen-bond donors (Lipinski definition) is 2. The maximum absolute atomic E-state index is 9.74. The molecule has 1 saturated carbocycles. The predicted octanol–water partition coefficient (Wildman–Crippen LogP) is 2.98. The molecule has 2 rings (SSSR count). The van der Waals surface area contributed by atoms with Gasteiger partial charge in [0.1, 0.15) is 0 Å². The Morgan fingerprint density at radius 1 is 1.37 bits per heavy atom. The summed E-state index contributed by atoms with van der Waals surface area (Å²) in [4.78, 5) is 4.37. The van der Waals surface area contributed by atoms with E-state index in [-0.39, 0.29) is 18.2 Å². The number of nitrogens with one attached hydrogen (secondary N) is 1. The first-order valence-corrected chi connectivity index (χ1v) is 7.16. The number of rotatable bonds is 5. The lowest BCUT2D eigenvalue weighted by Gasteiger charge is -2.37. The van der Waals surface area contributed by atoms with Gasteiger partial charge in [-0.2, -0.15) is 0 Å². The highest BCUT2D eigenvalue weighted by molar-refractivity contribution is 5.51. The predicted molar refractivity (Wildman–Crippen MR) is 76.5 cm³/mol. The minimum Gasteiger partial charge on any atom is -0.487 e. The number of aliphatic hydroxyl groups is 1. The fourth-order valence-corrected chi connectivity index (χ4v) is 2.64. The van der Waals surface area contributed by atoms with Gasteiger partial charge in [0, 0.05) is 6.20 Å². The number of pyridine rings is 1. The Morgan fingerprint density at radius 3 is 2.74 bits per heavy atom. The molecule has 0 unspecified atom stereocenters. The fraction of sp³-hybridized carbons (Fsp3) is 0.667. The summed E-state index contributed by atoms with van der Waals surface area (Å²) < 4.78 is 5.77. The molecule has 0 amide bonds. The minimum atomic E-state index is -0.234. The van der Waals surface area contributed by atoms with Crippen molar-refractivity contribution in [3.05, 3.63) is 18.3 Å². The van der Waals surface area contributed by atoms with Gasteiger partial charge in [-0.05, 0) is 38.8 Å². The SMILES string of the molecule is CC(C)Oc1cccnc1NC1(CO)CCCCC1. The van der Waals surface area contributed by atoms with Crippen LogP contribution in [0.3, 0.4) is 0 Å². The number of nitrogens with zero attached hydrogens (tertiary/aromatic N) is 1. The van der Waals surface area contributed by atoms with Crippen LogP contribution in [0.2, 0.25) is 0 Å². The van der Waals surface area contributed by atoms with Crippen molar-refractivity contribution in [3.63, 3.8) is 0 Å². The maximum atomic E-state index is 9.74. The Balaban J connectivity index is 2.16. The van der Waals surface area contributed by atoms with E-state index in [0.717, 1.165) is 37.3 Å². The lowest BCUT2D eigenvalue weighted by Crippen LogP contribution is -2.44. The van der Waals surface area contributed by atoms with Gasteiger partial charge in [0.25, 0.3) is 0 Å². The van der Waals surface area contributed by atoms with Crippen LogP contribution in [0.15, 0.2) is 18.3 Å². The van der Waals surface area contributed by atoms with Gasteiger partial charge in [-0.15, -0.1) is 0 Å². The van der Waals surface area contributed by atoms with Crippen LogP contribution >= 0.6 is 0 Å². The molecule has 2 N–H and O–H groups in total. The second kappa shape index (κ2) is 6.24. The Kier molecular flexibility index (Phi) is 4.64. The molecular weight excluding hydrogens is 240 g/mol. The molecule has 1 aliphatic rings. The van der Waals surface area contributed by atoms with Gasteiger partial charge in [0.2, 0.25) is 0 Å². The van der Waals surface area contributed by atoms with Crippen LogP contribution in [0, 0.1) is 0 Å². The molecule has 1 aliphatic carbocycles. The van der Waals surface area contributed by atoms with Crippen molar-refractivity contribution >= 4 is 5.82 Å². The highest BCUT2D eigenvalue weighted by Gasteiger charge is 2.32. The van der Waals surface area contributed by atoms with Gasteiger partial charge in [-0.3, -0.25) is 0 Å². The lowest BCUT2D eigenvalue weighted by molar-refractivity contribution is 0.171. The van der Waals surface area contributed by atoms with E-state index in [2.05, 4.69) is 10.3 Å². The molecule has 4 nitrogen and oxygen atoms in total. The van der Waals surface area contributed by atoms with E-state index in [1.165, 1.54) is 6.42 Å². The number of aliphatic hydroxyl groups excluding tert-OH is 1. The summed E-state index contributed by atoms with van der Waals surface area (Å²) in [6.45, 7) is 4.14. The molecular formula is C15H24N2O2. The molecule has 1 aromatic heterocycles. The van der Waals surface area contributed by atoms with Crippen LogP contribution in [0.5, 0.6) is 5.75 Å². The Labute approximate surface area is 115 Å². The molecule has 19 heavy (non-hydrogen) atoms. The molecule has 0 atom stereocenters. The van der Waals surface area contributed by atoms with E-state index in [9.17, 15) is 5.11 Å². The molecule has 0 spiro atoms. The topological polar surface area (TPSA) is 54.4 Å². The van der Waals surface area contributed by atoms with E-state index in [1.807, 2.05) is 26.0 Å². The summed E-state index contributed by atoms with van der Waals surface area (Å²) in [5.74, 6) is 1.50. The molecule has 1 heterocycles. The van der Waals surface area contributed by atoms with Crippen molar-refractivity contribution in [1.82, 2.24) is 4.98 Å². The first-order chi connectivity index (χ1) is 9.15. The maximum Gasteiger partial charge on any atom is 0.169 e. The molecule has 0 saturated heterocycles. The summed E-state index contributed by atoms with van der Waals surface area (Å²) in [5.41, 5.74) is -0.234. The molecule has 0 aliphatic heterocycles.